The van der Waals surface area contributed by atoms with Gasteiger partial charge in [-0.1, -0.05) is 13.3 Å². The van der Waals surface area contributed by atoms with E-state index in [-0.39, 0.29) is 5.78 Å². The Balaban J connectivity index is 2.42. The second-order valence-corrected chi connectivity index (χ2v) is 3.91. The Morgan fingerprint density at radius 2 is 2.40 bits per heavy atom. The maximum Gasteiger partial charge on any atom is 0.139 e. The first kappa shape index (κ1) is 11.9. The van der Waals surface area contributed by atoms with E-state index >= 15 is 0 Å². The van der Waals surface area contributed by atoms with E-state index in [1.165, 1.54) is 0 Å². The van der Waals surface area contributed by atoms with E-state index in [1.807, 2.05) is 19.3 Å². The standard InChI is InChI=1S/C11H19N3O/c1-3-9(8-12)6-11(15)7-10-4-5-14(2)13-10/h4-5,9H,3,6-8,12H2,1-2H3. The van der Waals surface area contributed by atoms with Gasteiger partial charge in [-0.15, -0.1) is 0 Å². The molecule has 0 bridgehead atoms. The molecule has 0 saturated carbocycles. The second kappa shape index (κ2) is 5.66. The van der Waals surface area contributed by atoms with Crippen molar-refractivity contribution in [2.45, 2.75) is 26.2 Å². The smallest absolute Gasteiger partial charge is 0.139 e. The predicted octanol–water partition coefficient (Wildman–Crippen LogP) is 0.907. The molecule has 84 valence electrons. The minimum Gasteiger partial charge on any atom is -0.330 e. The molecule has 1 heterocycles. The molecule has 0 amide bonds. The average molecular weight is 209 g/mol. The van der Waals surface area contributed by atoms with Gasteiger partial charge in [0.1, 0.15) is 5.78 Å². The minimum absolute atomic E-state index is 0.228. The number of nitrogens with two attached hydrogens (primary N) is 1. The fraction of sp³-hybridized carbons (Fsp3) is 0.636. The molecule has 1 unspecified atom stereocenters. The third kappa shape index (κ3) is 3.83. The first-order valence-corrected chi connectivity index (χ1v) is 5.36. The monoisotopic (exact) mass is 209 g/mol. The number of hydrogen-bond acceptors (Lipinski definition) is 3. The van der Waals surface area contributed by atoms with Crippen LogP contribution in [0.5, 0.6) is 0 Å². The molecule has 0 aromatic carbocycles. The number of nitrogens with zero attached hydrogens (tertiary/aromatic N) is 2. The van der Waals surface area contributed by atoms with Crippen molar-refractivity contribution in [1.82, 2.24) is 9.78 Å². The summed E-state index contributed by atoms with van der Waals surface area (Å²) in [6.07, 6.45) is 3.81. The van der Waals surface area contributed by atoms with E-state index < -0.39 is 0 Å². The van der Waals surface area contributed by atoms with Crippen molar-refractivity contribution in [2.24, 2.45) is 18.7 Å². The lowest BCUT2D eigenvalue weighted by Gasteiger charge is -2.09. The lowest BCUT2D eigenvalue weighted by atomic mass is 9.98. The van der Waals surface area contributed by atoms with Crippen LogP contribution in [-0.2, 0) is 18.3 Å². The molecular formula is C11H19N3O. The van der Waals surface area contributed by atoms with Gasteiger partial charge < -0.3 is 5.73 Å². The summed E-state index contributed by atoms with van der Waals surface area (Å²) in [4.78, 5) is 11.6. The van der Waals surface area contributed by atoms with E-state index in [0.717, 1.165) is 12.1 Å². The highest BCUT2D eigenvalue weighted by atomic mass is 16.1. The molecular weight excluding hydrogens is 190 g/mol. The van der Waals surface area contributed by atoms with Gasteiger partial charge in [-0.25, -0.2) is 0 Å². The normalized spacial score (nSPS) is 12.7. The zero-order valence-corrected chi connectivity index (χ0v) is 9.44. The van der Waals surface area contributed by atoms with Gasteiger partial charge in [-0.2, -0.15) is 5.10 Å². The van der Waals surface area contributed by atoms with Crippen molar-refractivity contribution < 1.29 is 4.79 Å². The lowest BCUT2D eigenvalue weighted by Crippen LogP contribution is -2.18. The van der Waals surface area contributed by atoms with Gasteiger partial charge in [0.15, 0.2) is 0 Å². The third-order valence-electron chi connectivity index (χ3n) is 2.57. The highest BCUT2D eigenvalue weighted by Gasteiger charge is 2.12. The molecule has 4 nitrogen and oxygen atoms in total. The maximum atomic E-state index is 11.6. The van der Waals surface area contributed by atoms with Crippen LogP contribution in [0.3, 0.4) is 0 Å². The lowest BCUT2D eigenvalue weighted by molar-refractivity contribution is -0.119. The molecule has 0 fully saturated rings. The number of aromatic nitrogens is 2. The van der Waals surface area contributed by atoms with Crippen molar-refractivity contribution in [3.8, 4) is 0 Å². The first-order chi connectivity index (χ1) is 7.15. The number of hydrogen-bond donors (Lipinski definition) is 1. The van der Waals surface area contributed by atoms with Crippen LogP contribution in [0, 0.1) is 5.92 Å². The molecule has 2 N–H and O–H groups in total. The van der Waals surface area contributed by atoms with Gasteiger partial charge in [0.25, 0.3) is 0 Å². The van der Waals surface area contributed by atoms with E-state index in [1.54, 1.807) is 4.68 Å². The molecule has 1 aromatic rings. The average Bonchev–Trinajstić information content (AvgIpc) is 2.60. The van der Waals surface area contributed by atoms with Gasteiger partial charge >= 0.3 is 0 Å². The van der Waals surface area contributed by atoms with Crippen LogP contribution in [0.25, 0.3) is 0 Å². The summed E-state index contributed by atoms with van der Waals surface area (Å²) in [7, 11) is 1.85. The third-order valence-corrected chi connectivity index (χ3v) is 2.57. The molecule has 0 aliphatic heterocycles. The van der Waals surface area contributed by atoms with Crippen molar-refractivity contribution in [3.05, 3.63) is 18.0 Å². The van der Waals surface area contributed by atoms with Gasteiger partial charge in [0.2, 0.25) is 0 Å². The summed E-state index contributed by atoms with van der Waals surface area (Å²) in [6.45, 7) is 2.65. The number of aryl methyl sites for hydroxylation is 1. The molecule has 1 aromatic heterocycles. The fourth-order valence-corrected chi connectivity index (χ4v) is 1.55. The van der Waals surface area contributed by atoms with Gasteiger partial charge in [0.05, 0.1) is 12.1 Å². The first-order valence-electron chi connectivity index (χ1n) is 5.36. The topological polar surface area (TPSA) is 60.9 Å². The highest BCUT2D eigenvalue weighted by molar-refractivity contribution is 5.80. The molecule has 4 heteroatoms. The predicted molar refractivity (Wildman–Crippen MR) is 59.4 cm³/mol. The van der Waals surface area contributed by atoms with Gasteiger partial charge in [-0.3, -0.25) is 9.48 Å². The van der Waals surface area contributed by atoms with Crippen LogP contribution < -0.4 is 5.73 Å². The number of carbonyl (C=O) groups is 1. The summed E-state index contributed by atoms with van der Waals surface area (Å²) in [6, 6.07) is 1.88. The SMILES string of the molecule is CCC(CN)CC(=O)Cc1ccn(C)n1. The quantitative estimate of drug-likeness (QED) is 0.757. The summed E-state index contributed by atoms with van der Waals surface area (Å²) >= 11 is 0. The van der Waals surface area contributed by atoms with E-state index in [0.29, 0.717) is 25.3 Å². The van der Waals surface area contributed by atoms with Crippen LogP contribution in [0.2, 0.25) is 0 Å². The molecule has 0 radical (unpaired) electrons. The molecule has 0 saturated heterocycles. The number of carbonyl (C=O) groups excluding carboxylic acids is 1. The minimum atomic E-state index is 0.228. The highest BCUT2D eigenvalue weighted by Crippen LogP contribution is 2.09. The Hall–Kier alpha value is -1.16. The van der Waals surface area contributed by atoms with Gasteiger partial charge in [-0.05, 0) is 18.5 Å². The van der Waals surface area contributed by atoms with E-state index in [4.69, 9.17) is 5.73 Å². The van der Waals surface area contributed by atoms with E-state index in [2.05, 4.69) is 12.0 Å². The summed E-state index contributed by atoms with van der Waals surface area (Å²) in [5, 5.41) is 4.17. The molecule has 0 spiro atoms. The second-order valence-electron chi connectivity index (χ2n) is 3.91. The zero-order chi connectivity index (χ0) is 11.3. The fourth-order valence-electron chi connectivity index (χ4n) is 1.55. The largest absolute Gasteiger partial charge is 0.330 e. The Bertz CT molecular complexity index is 315. The van der Waals surface area contributed by atoms with E-state index in [9.17, 15) is 4.79 Å². The molecule has 1 rings (SSSR count). The number of ketones is 1. The van der Waals surface area contributed by atoms with Crippen LogP contribution >= 0.6 is 0 Å². The summed E-state index contributed by atoms with van der Waals surface area (Å²) in [5.74, 6) is 0.548. The Labute approximate surface area is 90.5 Å². The van der Waals surface area contributed by atoms with Gasteiger partial charge in [0, 0.05) is 19.7 Å². The Morgan fingerprint density at radius 1 is 1.67 bits per heavy atom. The molecule has 0 aliphatic rings. The van der Waals surface area contributed by atoms with Crippen molar-refractivity contribution in [2.75, 3.05) is 6.54 Å². The molecule has 1 atom stereocenters. The van der Waals surface area contributed by atoms with Crippen molar-refractivity contribution in [1.29, 1.82) is 0 Å². The number of rotatable bonds is 6. The zero-order valence-electron chi connectivity index (χ0n) is 9.44. The maximum absolute atomic E-state index is 11.6. The Kier molecular flexibility index (Phi) is 4.49. The molecule has 0 aliphatic carbocycles. The van der Waals surface area contributed by atoms with Crippen LogP contribution in [0.15, 0.2) is 12.3 Å². The number of Topliss-reactive ketones (excluding diaryl/α,β-unsaturated/α-hetero) is 1. The van der Waals surface area contributed by atoms with Crippen LogP contribution in [0.1, 0.15) is 25.5 Å². The van der Waals surface area contributed by atoms with Crippen molar-refractivity contribution >= 4 is 5.78 Å². The molecule has 15 heavy (non-hydrogen) atoms. The van der Waals surface area contributed by atoms with Crippen LogP contribution in [-0.4, -0.2) is 22.1 Å². The Morgan fingerprint density at radius 3 is 2.87 bits per heavy atom. The summed E-state index contributed by atoms with van der Waals surface area (Å²) in [5.41, 5.74) is 6.40. The van der Waals surface area contributed by atoms with Crippen molar-refractivity contribution in [3.63, 3.8) is 0 Å². The summed E-state index contributed by atoms with van der Waals surface area (Å²) < 4.78 is 1.71. The van der Waals surface area contributed by atoms with Crippen LogP contribution in [0.4, 0.5) is 0 Å².